The molecule has 1 aromatic carbocycles. The van der Waals surface area contributed by atoms with E-state index in [1.807, 2.05) is 24.3 Å². The molecule has 5 N–H and O–H groups in total. The first-order valence-corrected chi connectivity index (χ1v) is 12.8. The highest BCUT2D eigenvalue weighted by atomic mass is 16.2. The fourth-order valence-corrected chi connectivity index (χ4v) is 4.83. The molecule has 200 valence electrons. The molecular formula is C26H38N8O3. The molecule has 0 radical (unpaired) electrons. The molecule has 2 unspecified atom stereocenters. The Labute approximate surface area is 217 Å². The van der Waals surface area contributed by atoms with Gasteiger partial charge in [0.1, 0.15) is 5.82 Å². The van der Waals surface area contributed by atoms with E-state index >= 15 is 0 Å². The van der Waals surface area contributed by atoms with Gasteiger partial charge < -0.3 is 21.3 Å². The Morgan fingerprint density at radius 1 is 1.08 bits per heavy atom. The van der Waals surface area contributed by atoms with Crippen LogP contribution in [0.4, 0.5) is 10.6 Å². The number of nitrogens with zero attached hydrogens (tertiary/aromatic N) is 5. The lowest BCUT2D eigenvalue weighted by Gasteiger charge is -2.37. The number of piperazine rings is 1. The van der Waals surface area contributed by atoms with Crippen molar-refractivity contribution < 1.29 is 9.59 Å². The number of hydrogen-bond acceptors (Lipinski definition) is 7. The molecule has 0 spiro atoms. The lowest BCUT2D eigenvalue weighted by Crippen LogP contribution is -2.58. The number of carbonyl (C=O) groups excluding carboxylic acids is 2. The summed E-state index contributed by atoms with van der Waals surface area (Å²) in [5.74, 6) is 0.583. The molecule has 11 nitrogen and oxygen atoms in total. The maximum Gasteiger partial charge on any atom is 0.354 e. The summed E-state index contributed by atoms with van der Waals surface area (Å²) in [5.41, 5.74) is 12.4. The zero-order valence-electron chi connectivity index (χ0n) is 21.9. The number of nitrogens with one attached hydrogen (secondary N) is 1. The van der Waals surface area contributed by atoms with Crippen LogP contribution in [0.2, 0.25) is 0 Å². The maximum atomic E-state index is 12.7. The minimum absolute atomic E-state index is 0.142. The number of carbonyl (C=O) groups is 2. The summed E-state index contributed by atoms with van der Waals surface area (Å²) in [4.78, 5) is 47.4. The van der Waals surface area contributed by atoms with E-state index in [1.165, 1.54) is 10.1 Å². The van der Waals surface area contributed by atoms with Gasteiger partial charge in [0.15, 0.2) is 0 Å². The van der Waals surface area contributed by atoms with Gasteiger partial charge in [-0.25, -0.2) is 9.59 Å². The SMILES string of the molecule is CC(N)C1CCN(Cc2ccc(-n3ccc(NC(=O)N4CCN(C(=O)C(C)(C)N)CC4)nc3=O)cc2)C1. The second-order valence-electron chi connectivity index (χ2n) is 10.7. The summed E-state index contributed by atoms with van der Waals surface area (Å²) in [5, 5.41) is 2.69. The Bertz CT molecular complexity index is 1160. The largest absolute Gasteiger partial charge is 0.354 e. The minimum Gasteiger partial charge on any atom is -0.338 e. The van der Waals surface area contributed by atoms with Gasteiger partial charge in [-0.1, -0.05) is 12.1 Å². The third kappa shape index (κ3) is 6.54. The Kier molecular flexibility index (Phi) is 7.96. The Morgan fingerprint density at radius 3 is 2.30 bits per heavy atom. The summed E-state index contributed by atoms with van der Waals surface area (Å²) >= 11 is 0. The first-order chi connectivity index (χ1) is 17.5. The van der Waals surface area contributed by atoms with E-state index in [4.69, 9.17) is 11.5 Å². The molecule has 2 fully saturated rings. The van der Waals surface area contributed by atoms with Crippen LogP contribution in [0.1, 0.15) is 32.8 Å². The lowest BCUT2D eigenvalue weighted by atomic mass is 10.0. The smallest absolute Gasteiger partial charge is 0.338 e. The van der Waals surface area contributed by atoms with Crippen molar-refractivity contribution in [3.8, 4) is 5.69 Å². The highest BCUT2D eigenvalue weighted by Gasteiger charge is 2.31. The monoisotopic (exact) mass is 510 g/mol. The molecule has 3 heterocycles. The van der Waals surface area contributed by atoms with Crippen molar-refractivity contribution in [3.05, 3.63) is 52.6 Å². The molecule has 11 heteroatoms. The normalized spacial score (nSPS) is 19.6. The number of nitrogens with two attached hydrogens (primary N) is 2. The molecule has 1 aromatic heterocycles. The van der Waals surface area contributed by atoms with Gasteiger partial charge in [0.2, 0.25) is 5.91 Å². The molecule has 0 bridgehead atoms. The number of hydrogen-bond donors (Lipinski definition) is 3. The van der Waals surface area contributed by atoms with Gasteiger partial charge in [0, 0.05) is 51.5 Å². The molecule has 4 rings (SSSR count). The van der Waals surface area contributed by atoms with Crippen LogP contribution in [0, 0.1) is 5.92 Å². The number of benzene rings is 1. The standard InChI is InChI=1S/C26H38N8O3/c1-18(27)20-8-10-31(17-20)16-19-4-6-21(7-5-19)34-11-9-22(30-25(34)37)29-24(36)33-14-12-32(13-15-33)23(35)26(2,3)28/h4-7,9,11,18,20H,8,10,12-17,27-28H2,1-3H3,(H,29,30,36,37). The van der Waals surface area contributed by atoms with E-state index in [-0.39, 0.29) is 23.8 Å². The number of aromatic nitrogens is 2. The Balaban J connectivity index is 1.32. The molecule has 2 aliphatic rings. The first-order valence-electron chi connectivity index (χ1n) is 12.8. The minimum atomic E-state index is -0.945. The summed E-state index contributed by atoms with van der Waals surface area (Å²) in [6, 6.07) is 9.30. The molecule has 37 heavy (non-hydrogen) atoms. The predicted molar refractivity (Wildman–Crippen MR) is 142 cm³/mol. The summed E-state index contributed by atoms with van der Waals surface area (Å²) in [7, 11) is 0. The highest BCUT2D eigenvalue weighted by molar-refractivity contribution is 5.89. The molecular weight excluding hydrogens is 472 g/mol. The fraction of sp³-hybridized carbons (Fsp3) is 0.538. The van der Waals surface area contributed by atoms with Gasteiger partial charge in [0.05, 0.1) is 11.2 Å². The van der Waals surface area contributed by atoms with Crippen LogP contribution >= 0.6 is 0 Å². The van der Waals surface area contributed by atoms with Crippen LogP contribution < -0.4 is 22.5 Å². The van der Waals surface area contributed by atoms with Crippen molar-refractivity contribution in [2.75, 3.05) is 44.6 Å². The Morgan fingerprint density at radius 2 is 1.73 bits per heavy atom. The molecule has 3 amide bonds. The number of urea groups is 1. The highest BCUT2D eigenvalue weighted by Crippen LogP contribution is 2.21. The van der Waals surface area contributed by atoms with Gasteiger partial charge in [-0.15, -0.1) is 0 Å². The maximum absolute atomic E-state index is 12.7. The second kappa shape index (κ2) is 11.0. The van der Waals surface area contributed by atoms with E-state index in [1.54, 1.807) is 35.9 Å². The molecule has 0 aliphatic carbocycles. The zero-order chi connectivity index (χ0) is 26.7. The van der Waals surface area contributed by atoms with Crippen molar-refractivity contribution in [2.24, 2.45) is 17.4 Å². The van der Waals surface area contributed by atoms with Crippen LogP contribution in [-0.4, -0.2) is 87.0 Å². The molecule has 0 saturated carbocycles. The zero-order valence-corrected chi connectivity index (χ0v) is 21.9. The summed E-state index contributed by atoms with van der Waals surface area (Å²) in [6.45, 7) is 9.88. The third-order valence-corrected chi connectivity index (χ3v) is 7.12. The van der Waals surface area contributed by atoms with Crippen molar-refractivity contribution in [3.63, 3.8) is 0 Å². The number of rotatable bonds is 6. The lowest BCUT2D eigenvalue weighted by molar-refractivity contribution is -0.137. The first kappa shape index (κ1) is 26.8. The van der Waals surface area contributed by atoms with E-state index in [0.29, 0.717) is 37.8 Å². The van der Waals surface area contributed by atoms with Crippen molar-refractivity contribution in [1.82, 2.24) is 24.3 Å². The number of amides is 3. The molecule has 2 aromatic rings. The topological polar surface area (TPSA) is 143 Å². The average Bonchev–Trinajstić information content (AvgIpc) is 3.33. The van der Waals surface area contributed by atoms with Crippen LogP contribution in [0.15, 0.2) is 41.3 Å². The quantitative estimate of drug-likeness (QED) is 0.522. The number of likely N-dealkylation sites (tertiary alicyclic amines) is 1. The van der Waals surface area contributed by atoms with Crippen LogP contribution in [0.5, 0.6) is 0 Å². The van der Waals surface area contributed by atoms with Crippen LogP contribution in [0.3, 0.4) is 0 Å². The van der Waals surface area contributed by atoms with Crippen molar-refractivity contribution in [2.45, 2.75) is 45.3 Å². The second-order valence-corrected chi connectivity index (χ2v) is 10.7. The van der Waals surface area contributed by atoms with E-state index in [0.717, 1.165) is 26.1 Å². The van der Waals surface area contributed by atoms with Gasteiger partial charge in [-0.2, -0.15) is 4.98 Å². The van der Waals surface area contributed by atoms with Gasteiger partial charge in [-0.05, 0) is 63.4 Å². The third-order valence-electron chi connectivity index (χ3n) is 7.12. The van der Waals surface area contributed by atoms with E-state index < -0.39 is 11.2 Å². The predicted octanol–water partition coefficient (Wildman–Crippen LogP) is 0.815. The fourth-order valence-electron chi connectivity index (χ4n) is 4.83. The number of anilines is 1. The van der Waals surface area contributed by atoms with Gasteiger partial charge in [-0.3, -0.25) is 19.6 Å². The van der Waals surface area contributed by atoms with E-state index in [2.05, 4.69) is 22.1 Å². The van der Waals surface area contributed by atoms with Crippen molar-refractivity contribution >= 4 is 17.8 Å². The molecule has 2 atom stereocenters. The Hall–Kier alpha value is -3.28. The van der Waals surface area contributed by atoms with Crippen molar-refractivity contribution in [1.29, 1.82) is 0 Å². The average molecular weight is 511 g/mol. The van der Waals surface area contributed by atoms with E-state index in [9.17, 15) is 14.4 Å². The molecule has 2 aliphatic heterocycles. The van der Waals surface area contributed by atoms with Gasteiger partial charge in [0.25, 0.3) is 0 Å². The van der Waals surface area contributed by atoms with Crippen LogP contribution in [-0.2, 0) is 11.3 Å². The van der Waals surface area contributed by atoms with Crippen LogP contribution in [0.25, 0.3) is 5.69 Å². The van der Waals surface area contributed by atoms with Gasteiger partial charge >= 0.3 is 11.7 Å². The summed E-state index contributed by atoms with van der Waals surface area (Å²) in [6.07, 6.45) is 2.73. The summed E-state index contributed by atoms with van der Waals surface area (Å²) < 4.78 is 1.44. The molecule has 2 saturated heterocycles.